The van der Waals surface area contributed by atoms with E-state index >= 15 is 0 Å². The third-order valence-electron chi connectivity index (χ3n) is 7.63. The first kappa shape index (κ1) is 24.7. The number of aryl methyl sites for hydroxylation is 2. The lowest BCUT2D eigenvalue weighted by Crippen LogP contribution is -2.31. The maximum Gasteiger partial charge on any atom is 0.416 e. The van der Waals surface area contributed by atoms with Gasteiger partial charge in [-0.05, 0) is 98.8 Å². The molecule has 1 fully saturated rings. The third kappa shape index (κ3) is 5.10. The number of nitrogens with zero attached hydrogens (tertiary/aromatic N) is 3. The molecule has 0 spiro atoms. The van der Waals surface area contributed by atoms with Crippen molar-refractivity contribution < 1.29 is 13.2 Å². The van der Waals surface area contributed by atoms with E-state index in [0.717, 1.165) is 66.3 Å². The second-order valence-corrected chi connectivity index (χ2v) is 9.94. The molecule has 3 aromatic rings. The Hall–Kier alpha value is -2.99. The molecule has 0 amide bonds. The van der Waals surface area contributed by atoms with Crippen LogP contribution in [0.2, 0.25) is 0 Å². The van der Waals surface area contributed by atoms with Crippen molar-refractivity contribution in [3.05, 3.63) is 83.7 Å². The summed E-state index contributed by atoms with van der Waals surface area (Å²) < 4.78 is 41.0. The maximum absolute atomic E-state index is 12.9. The number of likely N-dealkylation sites (tertiary alicyclic amines) is 1. The van der Waals surface area contributed by atoms with Crippen LogP contribution >= 0.6 is 0 Å². The summed E-state index contributed by atoms with van der Waals surface area (Å²) in [6.45, 7) is 11.9. The molecule has 0 N–H and O–H groups in total. The average molecular weight is 494 g/mol. The highest BCUT2D eigenvalue weighted by molar-refractivity contribution is 5.81. The molecule has 2 aliphatic heterocycles. The van der Waals surface area contributed by atoms with Crippen LogP contribution in [0.5, 0.6) is 0 Å². The van der Waals surface area contributed by atoms with Gasteiger partial charge in [-0.1, -0.05) is 31.7 Å². The highest BCUT2D eigenvalue weighted by Gasteiger charge is 2.30. The summed E-state index contributed by atoms with van der Waals surface area (Å²) in [5.41, 5.74) is 6.97. The largest absolute Gasteiger partial charge is 0.416 e. The Morgan fingerprint density at radius 1 is 0.861 bits per heavy atom. The van der Waals surface area contributed by atoms with Crippen LogP contribution in [0, 0.1) is 0 Å². The Bertz CT molecular complexity index is 1220. The topological polar surface area (TPSA) is 11.4 Å². The number of halogens is 3. The van der Waals surface area contributed by atoms with E-state index in [2.05, 4.69) is 46.1 Å². The van der Waals surface area contributed by atoms with Gasteiger partial charge in [-0.15, -0.1) is 0 Å². The summed E-state index contributed by atoms with van der Waals surface area (Å²) in [5.74, 6) is 0. The van der Waals surface area contributed by atoms with Gasteiger partial charge in [-0.2, -0.15) is 13.2 Å². The summed E-state index contributed by atoms with van der Waals surface area (Å²) in [6.07, 6.45) is 3.67. The Morgan fingerprint density at radius 2 is 1.61 bits per heavy atom. The van der Waals surface area contributed by atoms with Crippen LogP contribution < -0.4 is 4.90 Å². The Balaban J connectivity index is 1.30. The second-order valence-electron chi connectivity index (χ2n) is 9.94. The molecule has 1 saturated heterocycles. The minimum Gasteiger partial charge on any atom is -0.344 e. The van der Waals surface area contributed by atoms with Crippen molar-refractivity contribution in [2.24, 2.45) is 0 Å². The normalized spacial score (nSPS) is 16.6. The van der Waals surface area contributed by atoms with Crippen LogP contribution in [0.3, 0.4) is 0 Å². The van der Waals surface area contributed by atoms with E-state index < -0.39 is 11.7 Å². The van der Waals surface area contributed by atoms with Gasteiger partial charge >= 0.3 is 6.18 Å². The van der Waals surface area contributed by atoms with Crippen molar-refractivity contribution in [2.75, 3.05) is 31.1 Å². The SMILES string of the molecule is C=C1c2cc(-c3ccc(C(F)(F)F)cc3)cn2CCN1c1ccc(CCCN2CCCC2)c(CC)c1. The molecule has 3 heterocycles. The van der Waals surface area contributed by atoms with E-state index in [4.69, 9.17) is 0 Å². The molecule has 0 unspecified atom stereocenters. The fourth-order valence-electron chi connectivity index (χ4n) is 5.57. The molecule has 0 bridgehead atoms. The van der Waals surface area contributed by atoms with Crippen molar-refractivity contribution in [3.8, 4) is 11.1 Å². The number of fused-ring (bicyclic) bond motifs is 1. The van der Waals surface area contributed by atoms with Gasteiger partial charge in [0.1, 0.15) is 0 Å². The van der Waals surface area contributed by atoms with Crippen LogP contribution in [0.1, 0.15) is 48.6 Å². The predicted molar refractivity (Wildman–Crippen MR) is 141 cm³/mol. The van der Waals surface area contributed by atoms with Crippen LogP contribution in [0.15, 0.2) is 61.3 Å². The summed E-state index contributed by atoms with van der Waals surface area (Å²) >= 11 is 0. The fourth-order valence-corrected chi connectivity index (χ4v) is 5.57. The summed E-state index contributed by atoms with van der Waals surface area (Å²) in [7, 11) is 0. The van der Waals surface area contributed by atoms with Crippen molar-refractivity contribution in [1.29, 1.82) is 0 Å². The fraction of sp³-hybridized carbons (Fsp3) is 0.400. The van der Waals surface area contributed by atoms with E-state index in [1.165, 1.54) is 50.0 Å². The zero-order chi connectivity index (χ0) is 25.3. The number of rotatable bonds is 7. The van der Waals surface area contributed by atoms with Gasteiger partial charge in [0.15, 0.2) is 0 Å². The second kappa shape index (κ2) is 10.2. The highest BCUT2D eigenvalue weighted by Crippen LogP contribution is 2.35. The molecule has 0 aliphatic carbocycles. The zero-order valence-electron chi connectivity index (χ0n) is 20.9. The number of aromatic nitrogens is 1. The van der Waals surface area contributed by atoms with Gasteiger partial charge in [0.2, 0.25) is 0 Å². The van der Waals surface area contributed by atoms with E-state index in [1.54, 1.807) is 12.1 Å². The molecule has 2 aromatic carbocycles. The maximum atomic E-state index is 12.9. The van der Waals surface area contributed by atoms with Crippen molar-refractivity contribution in [1.82, 2.24) is 9.47 Å². The molecular weight excluding hydrogens is 459 g/mol. The standard InChI is InChI=1S/C30H34F3N3/c1-3-23-19-28(13-10-24(23)7-6-16-34-14-4-5-15-34)36-18-17-35-21-26(20-29(35)22(36)2)25-8-11-27(12-9-25)30(31,32)33/h8-13,19-21H,2-7,14-18H2,1H3. The molecule has 0 radical (unpaired) electrons. The monoisotopic (exact) mass is 493 g/mol. The van der Waals surface area contributed by atoms with Gasteiger partial charge < -0.3 is 14.4 Å². The van der Waals surface area contributed by atoms with E-state index in [9.17, 15) is 13.2 Å². The number of hydrogen-bond acceptors (Lipinski definition) is 2. The smallest absolute Gasteiger partial charge is 0.344 e. The molecule has 5 rings (SSSR count). The van der Waals surface area contributed by atoms with E-state index in [1.807, 2.05) is 12.3 Å². The number of alkyl halides is 3. The lowest BCUT2D eigenvalue weighted by molar-refractivity contribution is -0.137. The summed E-state index contributed by atoms with van der Waals surface area (Å²) in [4.78, 5) is 4.84. The molecule has 190 valence electrons. The van der Waals surface area contributed by atoms with Gasteiger partial charge in [0.05, 0.1) is 17.0 Å². The highest BCUT2D eigenvalue weighted by atomic mass is 19.4. The minimum absolute atomic E-state index is 0.628. The van der Waals surface area contributed by atoms with Crippen LogP contribution in [-0.2, 0) is 25.6 Å². The van der Waals surface area contributed by atoms with Crippen LogP contribution in [0.25, 0.3) is 16.8 Å². The predicted octanol–water partition coefficient (Wildman–Crippen LogP) is 7.26. The Kier molecular flexibility index (Phi) is 6.98. The van der Waals surface area contributed by atoms with E-state index in [0.29, 0.717) is 0 Å². The van der Waals surface area contributed by atoms with Gasteiger partial charge in [-0.25, -0.2) is 0 Å². The molecular formula is C30H34F3N3. The number of hydrogen-bond donors (Lipinski definition) is 0. The van der Waals surface area contributed by atoms with Gasteiger partial charge in [-0.3, -0.25) is 0 Å². The quantitative estimate of drug-likeness (QED) is 0.343. The number of benzene rings is 2. The minimum atomic E-state index is -4.33. The molecule has 3 nitrogen and oxygen atoms in total. The lowest BCUT2D eigenvalue weighted by atomic mass is 9.99. The Labute approximate surface area is 211 Å². The first-order chi connectivity index (χ1) is 17.3. The molecule has 0 atom stereocenters. The molecule has 1 aromatic heterocycles. The number of anilines is 1. The zero-order valence-corrected chi connectivity index (χ0v) is 20.9. The van der Waals surface area contributed by atoms with Crippen LogP contribution in [-0.4, -0.2) is 35.6 Å². The Morgan fingerprint density at radius 3 is 2.31 bits per heavy atom. The van der Waals surface area contributed by atoms with Gasteiger partial charge in [0.25, 0.3) is 0 Å². The first-order valence-electron chi connectivity index (χ1n) is 13.0. The van der Waals surface area contributed by atoms with Crippen molar-refractivity contribution in [2.45, 2.75) is 51.7 Å². The van der Waals surface area contributed by atoms with Crippen LogP contribution in [0.4, 0.5) is 18.9 Å². The van der Waals surface area contributed by atoms with Crippen molar-refractivity contribution in [3.63, 3.8) is 0 Å². The summed E-state index contributed by atoms with van der Waals surface area (Å²) in [6, 6.07) is 14.2. The first-order valence-corrected chi connectivity index (χ1v) is 13.0. The third-order valence-corrected chi connectivity index (χ3v) is 7.63. The molecule has 36 heavy (non-hydrogen) atoms. The molecule has 2 aliphatic rings. The molecule has 6 heteroatoms. The summed E-state index contributed by atoms with van der Waals surface area (Å²) in [5, 5.41) is 0. The van der Waals surface area contributed by atoms with Gasteiger partial charge in [0, 0.05) is 30.5 Å². The van der Waals surface area contributed by atoms with Crippen molar-refractivity contribution >= 4 is 11.4 Å². The van der Waals surface area contributed by atoms with E-state index in [-0.39, 0.29) is 0 Å². The molecule has 0 saturated carbocycles. The lowest BCUT2D eigenvalue weighted by Gasteiger charge is -2.33. The average Bonchev–Trinajstić information content (AvgIpc) is 3.55.